The van der Waals surface area contributed by atoms with Gasteiger partial charge in [0, 0.05) is 12.5 Å². The van der Waals surface area contributed by atoms with Gasteiger partial charge in [-0.25, -0.2) is 4.79 Å². The number of esters is 1. The van der Waals surface area contributed by atoms with Crippen molar-refractivity contribution in [1.29, 1.82) is 0 Å². The van der Waals surface area contributed by atoms with E-state index < -0.39 is 24.4 Å². The Bertz CT molecular complexity index is 741. The first-order valence-electron chi connectivity index (χ1n) is 11.1. The number of benzene rings is 1. The predicted octanol–water partition coefficient (Wildman–Crippen LogP) is 2.81. The van der Waals surface area contributed by atoms with Crippen LogP contribution in [0.4, 0.5) is 4.79 Å². The van der Waals surface area contributed by atoms with Crippen molar-refractivity contribution < 1.29 is 33.3 Å². The third kappa shape index (κ3) is 7.56. The van der Waals surface area contributed by atoms with Gasteiger partial charge in [-0.15, -0.1) is 0 Å². The summed E-state index contributed by atoms with van der Waals surface area (Å²) in [5.41, 5.74) is 5.85. The topological polar surface area (TPSA) is 110 Å². The molecule has 3 atom stereocenters. The lowest BCUT2D eigenvalue weighted by Gasteiger charge is -2.33. The molecule has 1 aliphatic rings. The van der Waals surface area contributed by atoms with Gasteiger partial charge in [0.15, 0.2) is 11.5 Å². The van der Waals surface area contributed by atoms with Crippen molar-refractivity contribution in [2.24, 2.45) is 17.6 Å². The van der Waals surface area contributed by atoms with Crippen LogP contribution in [-0.4, -0.2) is 68.3 Å². The molecule has 0 spiro atoms. The molecular weight excluding hydrogens is 416 g/mol. The lowest BCUT2D eigenvalue weighted by Crippen LogP contribution is -2.49. The molecule has 180 valence electrons. The van der Waals surface area contributed by atoms with Crippen LogP contribution in [0.5, 0.6) is 11.5 Å². The van der Waals surface area contributed by atoms with Gasteiger partial charge in [-0.05, 0) is 25.0 Å². The van der Waals surface area contributed by atoms with Crippen molar-refractivity contribution in [2.45, 2.75) is 53.1 Å². The minimum Gasteiger partial charge on any atom is -0.490 e. The summed E-state index contributed by atoms with van der Waals surface area (Å²) < 4.78 is 28.0. The number of nitrogens with two attached hydrogens (primary N) is 1. The zero-order valence-corrected chi connectivity index (χ0v) is 19.6. The van der Waals surface area contributed by atoms with Gasteiger partial charge in [0.1, 0.15) is 18.8 Å². The van der Waals surface area contributed by atoms with Crippen LogP contribution in [0.3, 0.4) is 0 Å². The minimum absolute atomic E-state index is 0.0844. The molecule has 32 heavy (non-hydrogen) atoms. The Morgan fingerprint density at radius 2 is 1.75 bits per heavy atom. The van der Waals surface area contributed by atoms with Gasteiger partial charge in [-0.3, -0.25) is 4.79 Å². The fourth-order valence-corrected chi connectivity index (χ4v) is 2.95. The van der Waals surface area contributed by atoms with E-state index in [1.165, 1.54) is 4.90 Å². The Kier molecular flexibility index (Phi) is 10.1. The van der Waals surface area contributed by atoms with Crippen molar-refractivity contribution in [3.05, 3.63) is 24.3 Å². The molecule has 0 aliphatic carbocycles. The monoisotopic (exact) mass is 452 g/mol. The molecule has 1 aromatic rings. The van der Waals surface area contributed by atoms with E-state index in [4.69, 9.17) is 29.4 Å². The Balaban J connectivity index is 1.91. The highest BCUT2D eigenvalue weighted by Gasteiger charge is 2.31. The fraction of sp³-hybridized carbons (Fsp3) is 0.652. The van der Waals surface area contributed by atoms with Crippen LogP contribution in [0.2, 0.25) is 0 Å². The molecule has 9 nitrogen and oxygen atoms in total. The molecule has 0 unspecified atom stereocenters. The summed E-state index contributed by atoms with van der Waals surface area (Å²) in [6.45, 7) is 11.0. The zero-order chi connectivity index (χ0) is 23.7. The maximum atomic E-state index is 12.7. The summed E-state index contributed by atoms with van der Waals surface area (Å²) in [7, 11) is 0. The van der Waals surface area contributed by atoms with Gasteiger partial charge in [-0.2, -0.15) is 0 Å². The number of para-hydroxylation sites is 2. The van der Waals surface area contributed by atoms with Gasteiger partial charge >= 0.3 is 12.1 Å². The number of hydrogen-bond donors (Lipinski definition) is 1. The van der Waals surface area contributed by atoms with Crippen molar-refractivity contribution in [3.8, 4) is 11.5 Å². The molecule has 2 rings (SSSR count). The van der Waals surface area contributed by atoms with E-state index in [2.05, 4.69) is 0 Å². The highest BCUT2D eigenvalue weighted by Crippen LogP contribution is 2.27. The maximum Gasteiger partial charge on any atom is 0.413 e. The first-order chi connectivity index (χ1) is 15.2. The second-order valence-electron chi connectivity index (χ2n) is 8.33. The lowest BCUT2D eigenvalue weighted by molar-refractivity contribution is -0.180. The normalized spacial score (nSPS) is 18.2. The van der Waals surface area contributed by atoms with E-state index in [1.807, 2.05) is 45.0 Å². The summed E-state index contributed by atoms with van der Waals surface area (Å²) in [6.07, 6.45) is -1.92. The second-order valence-corrected chi connectivity index (χ2v) is 8.33. The van der Waals surface area contributed by atoms with Crippen molar-refractivity contribution in [2.75, 3.05) is 32.9 Å². The second kappa shape index (κ2) is 12.5. The fourth-order valence-electron chi connectivity index (χ4n) is 2.95. The largest absolute Gasteiger partial charge is 0.490 e. The van der Waals surface area contributed by atoms with Gasteiger partial charge in [0.25, 0.3) is 6.29 Å². The smallest absolute Gasteiger partial charge is 0.413 e. The van der Waals surface area contributed by atoms with Crippen molar-refractivity contribution in [3.63, 3.8) is 0 Å². The Morgan fingerprint density at radius 3 is 2.34 bits per heavy atom. The standard InChI is InChI=1S/C23H36N2O7/c1-6-28-18-9-7-8-10-19(18)30-14-17-13-25(11-12-29-17)23(27)32-22(16(4)5)31-21(26)20(24)15(2)3/h7-10,15-17,20,22H,6,11-14,24H2,1-5H3/t17-,20+,22-/m0/s1. The number of amides is 1. The molecule has 0 aromatic heterocycles. The highest BCUT2D eigenvalue weighted by molar-refractivity contribution is 5.76. The van der Waals surface area contributed by atoms with E-state index in [1.54, 1.807) is 13.8 Å². The highest BCUT2D eigenvalue weighted by atomic mass is 16.7. The molecule has 1 saturated heterocycles. The van der Waals surface area contributed by atoms with E-state index in [0.29, 0.717) is 37.8 Å². The molecule has 1 aromatic carbocycles. The van der Waals surface area contributed by atoms with Gasteiger partial charge in [0.05, 0.1) is 19.8 Å². The van der Waals surface area contributed by atoms with Gasteiger partial charge < -0.3 is 34.3 Å². The van der Waals surface area contributed by atoms with Crippen LogP contribution in [0, 0.1) is 11.8 Å². The van der Waals surface area contributed by atoms with Crippen molar-refractivity contribution in [1.82, 2.24) is 4.90 Å². The summed E-state index contributed by atoms with van der Waals surface area (Å²) >= 11 is 0. The lowest BCUT2D eigenvalue weighted by atomic mass is 10.1. The van der Waals surface area contributed by atoms with Crippen LogP contribution in [0.1, 0.15) is 34.6 Å². The molecule has 1 fully saturated rings. The average Bonchev–Trinajstić information content (AvgIpc) is 2.77. The Hall–Kier alpha value is -2.52. The summed E-state index contributed by atoms with van der Waals surface area (Å²) in [4.78, 5) is 26.5. The van der Waals surface area contributed by atoms with Crippen molar-refractivity contribution >= 4 is 12.1 Å². The third-order valence-corrected chi connectivity index (χ3v) is 4.95. The molecule has 9 heteroatoms. The molecule has 0 saturated carbocycles. The maximum absolute atomic E-state index is 12.7. The number of morpholine rings is 1. The molecule has 0 radical (unpaired) electrons. The van der Waals surface area contributed by atoms with Crippen LogP contribution < -0.4 is 15.2 Å². The molecule has 0 bridgehead atoms. The summed E-state index contributed by atoms with van der Waals surface area (Å²) in [6, 6.07) is 6.62. The van der Waals surface area contributed by atoms with Gasteiger partial charge in [0.2, 0.25) is 0 Å². The number of carbonyl (C=O) groups excluding carboxylic acids is 2. The number of carbonyl (C=O) groups is 2. The summed E-state index contributed by atoms with van der Waals surface area (Å²) in [5.74, 6) is 0.373. The molecule has 2 N–H and O–H groups in total. The quantitative estimate of drug-likeness (QED) is 0.426. The minimum atomic E-state index is -1.02. The summed E-state index contributed by atoms with van der Waals surface area (Å²) in [5, 5.41) is 0. The number of hydrogen-bond acceptors (Lipinski definition) is 8. The van der Waals surface area contributed by atoms with E-state index in [-0.39, 0.29) is 24.5 Å². The molecule has 1 amide bonds. The van der Waals surface area contributed by atoms with Crippen LogP contribution in [-0.2, 0) is 19.0 Å². The van der Waals surface area contributed by atoms with E-state index in [0.717, 1.165) is 0 Å². The molecule has 1 aliphatic heterocycles. The number of nitrogens with zero attached hydrogens (tertiary/aromatic N) is 1. The Labute approximate surface area is 190 Å². The van der Waals surface area contributed by atoms with Crippen LogP contribution in [0.25, 0.3) is 0 Å². The van der Waals surface area contributed by atoms with Crippen LogP contribution in [0.15, 0.2) is 24.3 Å². The number of ether oxygens (including phenoxy) is 5. The van der Waals surface area contributed by atoms with E-state index in [9.17, 15) is 9.59 Å². The average molecular weight is 453 g/mol. The first-order valence-corrected chi connectivity index (χ1v) is 11.1. The molecule has 1 heterocycles. The van der Waals surface area contributed by atoms with Gasteiger partial charge in [-0.1, -0.05) is 39.8 Å². The predicted molar refractivity (Wildman–Crippen MR) is 118 cm³/mol. The molecular formula is C23H36N2O7. The zero-order valence-electron chi connectivity index (χ0n) is 19.6. The number of rotatable bonds is 10. The third-order valence-electron chi connectivity index (χ3n) is 4.95. The van der Waals surface area contributed by atoms with Crippen LogP contribution >= 0.6 is 0 Å². The Morgan fingerprint density at radius 1 is 1.09 bits per heavy atom. The first kappa shape index (κ1) is 25.7. The SMILES string of the molecule is CCOc1ccccc1OC[C@@H]1CN(C(=O)O[C@H](OC(=O)[C@H](N)C(C)C)C(C)C)CCO1. The van der Waals surface area contributed by atoms with E-state index >= 15 is 0 Å².